The maximum absolute atomic E-state index is 7.63. The number of aryl methyl sites for hydroxylation is 1. The SMILES string of the molecule is C/C=C(\C=N)c1cnc2c(Nc3cc(C)ns3)nc(CCNC)cn12. The summed E-state index contributed by atoms with van der Waals surface area (Å²) in [5.41, 5.74) is 4.35. The number of imidazole rings is 1. The molecule has 0 bridgehead atoms. The first kappa shape index (κ1) is 17.2. The van der Waals surface area contributed by atoms with E-state index >= 15 is 0 Å². The Morgan fingerprint density at radius 2 is 2.28 bits per heavy atom. The quantitative estimate of drug-likeness (QED) is 0.567. The first-order valence-corrected chi connectivity index (χ1v) is 8.82. The molecule has 0 aromatic carbocycles. The fourth-order valence-corrected chi connectivity index (χ4v) is 3.21. The monoisotopic (exact) mass is 355 g/mol. The number of aromatic nitrogens is 4. The standard InChI is InChI=1S/C17H21N7S/c1-4-12(8-18)14-9-20-17-16(22-15-7-11(2)23-25-15)21-13(5-6-19-3)10-24(14)17/h4,7-10,18-19H,5-6H2,1-3H3,(H,21,22)/b12-4+,18-8?. The van der Waals surface area contributed by atoms with Crippen molar-refractivity contribution in [3.8, 4) is 0 Å². The highest BCUT2D eigenvalue weighted by Crippen LogP contribution is 2.25. The predicted octanol–water partition coefficient (Wildman–Crippen LogP) is 3.05. The Morgan fingerprint density at radius 1 is 1.44 bits per heavy atom. The zero-order valence-corrected chi connectivity index (χ0v) is 15.3. The lowest BCUT2D eigenvalue weighted by Crippen LogP contribution is -2.13. The van der Waals surface area contributed by atoms with Crippen molar-refractivity contribution in [3.63, 3.8) is 0 Å². The Hall–Kier alpha value is -2.58. The van der Waals surface area contributed by atoms with E-state index in [1.54, 1.807) is 6.20 Å². The fraction of sp³-hybridized carbons (Fsp3) is 0.294. The maximum Gasteiger partial charge on any atom is 0.180 e. The third-order valence-corrected chi connectivity index (χ3v) is 4.60. The molecule has 3 aromatic rings. The summed E-state index contributed by atoms with van der Waals surface area (Å²) in [6, 6.07) is 1.99. The number of nitrogens with zero attached hydrogens (tertiary/aromatic N) is 4. The van der Waals surface area contributed by atoms with Gasteiger partial charge in [-0.1, -0.05) is 6.08 Å². The zero-order chi connectivity index (χ0) is 17.8. The molecule has 0 saturated heterocycles. The first-order chi connectivity index (χ1) is 12.2. The van der Waals surface area contributed by atoms with E-state index in [0.717, 1.165) is 46.3 Å². The van der Waals surface area contributed by atoms with Crippen molar-refractivity contribution in [2.45, 2.75) is 20.3 Å². The van der Waals surface area contributed by atoms with Crippen molar-refractivity contribution in [3.05, 3.63) is 41.6 Å². The molecule has 0 aliphatic heterocycles. The molecular formula is C17H21N7S. The molecule has 3 rings (SSSR count). The maximum atomic E-state index is 7.63. The number of likely N-dealkylation sites (N-methyl/N-ethyl adjacent to an activating group) is 1. The number of allylic oxidation sites excluding steroid dienone is 2. The summed E-state index contributed by atoms with van der Waals surface area (Å²) in [4.78, 5) is 9.26. The van der Waals surface area contributed by atoms with Crippen LogP contribution in [0.2, 0.25) is 0 Å². The summed E-state index contributed by atoms with van der Waals surface area (Å²) in [7, 11) is 1.92. The molecule has 8 heteroatoms. The van der Waals surface area contributed by atoms with Crippen LogP contribution in [-0.2, 0) is 6.42 Å². The normalized spacial score (nSPS) is 11.9. The van der Waals surface area contributed by atoms with E-state index < -0.39 is 0 Å². The second-order valence-corrected chi connectivity index (χ2v) is 6.42. The number of hydrogen-bond donors (Lipinski definition) is 3. The van der Waals surface area contributed by atoms with Crippen LogP contribution in [0.25, 0.3) is 11.2 Å². The van der Waals surface area contributed by atoms with Gasteiger partial charge in [0.15, 0.2) is 11.5 Å². The molecule has 130 valence electrons. The molecule has 0 aliphatic carbocycles. The average molecular weight is 355 g/mol. The van der Waals surface area contributed by atoms with Gasteiger partial charge in [0.2, 0.25) is 0 Å². The second kappa shape index (κ2) is 7.54. The van der Waals surface area contributed by atoms with Gasteiger partial charge in [-0.15, -0.1) is 0 Å². The van der Waals surface area contributed by atoms with Gasteiger partial charge < -0.3 is 16.0 Å². The third kappa shape index (κ3) is 3.59. The number of fused-ring (bicyclic) bond motifs is 1. The van der Waals surface area contributed by atoms with Crippen molar-refractivity contribution in [2.24, 2.45) is 0 Å². The molecule has 0 radical (unpaired) electrons. The topological polar surface area (TPSA) is 91.0 Å². The van der Waals surface area contributed by atoms with Gasteiger partial charge in [0.1, 0.15) is 5.00 Å². The van der Waals surface area contributed by atoms with Crippen LogP contribution >= 0.6 is 11.5 Å². The molecule has 25 heavy (non-hydrogen) atoms. The summed E-state index contributed by atoms with van der Waals surface area (Å²) >= 11 is 1.40. The molecule has 3 N–H and O–H groups in total. The van der Waals surface area contributed by atoms with Crippen molar-refractivity contribution < 1.29 is 0 Å². The molecular weight excluding hydrogens is 334 g/mol. The van der Waals surface area contributed by atoms with Crippen molar-refractivity contribution in [1.82, 2.24) is 24.1 Å². The number of anilines is 2. The van der Waals surface area contributed by atoms with Gasteiger partial charge in [0.25, 0.3) is 0 Å². The summed E-state index contributed by atoms with van der Waals surface area (Å²) in [6.45, 7) is 4.72. The minimum Gasteiger partial charge on any atom is -0.328 e. The van der Waals surface area contributed by atoms with E-state index in [1.165, 1.54) is 17.7 Å². The van der Waals surface area contributed by atoms with Crippen molar-refractivity contribution >= 4 is 39.8 Å². The highest BCUT2D eigenvalue weighted by Gasteiger charge is 2.14. The van der Waals surface area contributed by atoms with Gasteiger partial charge in [-0.3, -0.25) is 4.40 Å². The summed E-state index contributed by atoms with van der Waals surface area (Å²) in [5.74, 6) is 0.698. The van der Waals surface area contributed by atoms with Gasteiger partial charge in [0.05, 0.1) is 23.3 Å². The Balaban J connectivity index is 2.11. The van der Waals surface area contributed by atoms with Crippen LogP contribution in [0.1, 0.15) is 24.0 Å². The van der Waals surface area contributed by atoms with Crippen LogP contribution in [0, 0.1) is 12.3 Å². The minimum absolute atomic E-state index is 0.698. The molecule has 0 fully saturated rings. The van der Waals surface area contributed by atoms with Crippen molar-refractivity contribution in [2.75, 3.05) is 18.9 Å². The Morgan fingerprint density at radius 3 is 2.92 bits per heavy atom. The minimum atomic E-state index is 0.698. The largest absolute Gasteiger partial charge is 0.328 e. The van der Waals surface area contributed by atoms with Crippen molar-refractivity contribution in [1.29, 1.82) is 5.41 Å². The lowest BCUT2D eigenvalue weighted by Gasteiger charge is -2.10. The lowest BCUT2D eigenvalue weighted by atomic mass is 10.2. The van der Waals surface area contributed by atoms with Crippen LogP contribution < -0.4 is 10.6 Å². The molecule has 0 atom stereocenters. The Bertz CT molecular complexity index is 922. The Kier molecular flexibility index (Phi) is 5.20. The molecule has 0 spiro atoms. The van der Waals surface area contributed by atoms with Gasteiger partial charge in [-0.2, -0.15) is 4.37 Å². The average Bonchev–Trinajstić information content (AvgIpc) is 3.21. The van der Waals surface area contributed by atoms with Crippen LogP contribution in [0.3, 0.4) is 0 Å². The number of rotatable bonds is 7. The lowest BCUT2D eigenvalue weighted by molar-refractivity contribution is 0.772. The van der Waals surface area contributed by atoms with E-state index in [1.807, 2.05) is 43.6 Å². The van der Waals surface area contributed by atoms with Crippen LogP contribution in [0.5, 0.6) is 0 Å². The van der Waals surface area contributed by atoms with Crippen LogP contribution in [-0.4, -0.2) is 38.5 Å². The Labute approximate surface area is 150 Å². The van der Waals surface area contributed by atoms with Crippen LogP contribution in [0.4, 0.5) is 10.8 Å². The smallest absolute Gasteiger partial charge is 0.180 e. The van der Waals surface area contributed by atoms with Crippen LogP contribution in [0.15, 0.2) is 24.5 Å². The molecule has 0 saturated carbocycles. The van der Waals surface area contributed by atoms with Gasteiger partial charge in [-0.05, 0) is 38.5 Å². The molecule has 3 heterocycles. The third-order valence-electron chi connectivity index (χ3n) is 3.81. The van der Waals surface area contributed by atoms with E-state index in [4.69, 9.17) is 10.4 Å². The highest BCUT2D eigenvalue weighted by atomic mass is 32.1. The van der Waals surface area contributed by atoms with E-state index in [9.17, 15) is 0 Å². The summed E-state index contributed by atoms with van der Waals surface area (Å²) in [5, 5.41) is 15.0. The molecule has 0 aliphatic rings. The summed E-state index contributed by atoms with van der Waals surface area (Å²) in [6.07, 6.45) is 7.82. The van der Waals surface area contributed by atoms with Gasteiger partial charge >= 0.3 is 0 Å². The number of nitrogens with one attached hydrogen (secondary N) is 3. The zero-order valence-electron chi connectivity index (χ0n) is 14.5. The summed E-state index contributed by atoms with van der Waals surface area (Å²) < 4.78 is 6.29. The predicted molar refractivity (Wildman–Crippen MR) is 103 cm³/mol. The molecule has 0 unspecified atom stereocenters. The van der Waals surface area contributed by atoms with E-state index in [0.29, 0.717) is 5.82 Å². The molecule has 3 aromatic heterocycles. The fourth-order valence-electron chi connectivity index (χ4n) is 2.55. The van der Waals surface area contributed by atoms with Gasteiger partial charge in [-0.25, -0.2) is 9.97 Å². The van der Waals surface area contributed by atoms with E-state index in [-0.39, 0.29) is 0 Å². The van der Waals surface area contributed by atoms with Gasteiger partial charge in [0, 0.05) is 31.0 Å². The highest BCUT2D eigenvalue weighted by molar-refractivity contribution is 7.10. The molecule has 0 amide bonds. The second-order valence-electron chi connectivity index (χ2n) is 5.62. The number of hydrogen-bond acceptors (Lipinski definition) is 7. The van der Waals surface area contributed by atoms with E-state index in [2.05, 4.69) is 20.0 Å². The first-order valence-electron chi connectivity index (χ1n) is 8.05. The molecule has 7 nitrogen and oxygen atoms in total.